The van der Waals surface area contributed by atoms with E-state index in [4.69, 9.17) is 15.2 Å². The molecule has 0 fully saturated rings. The molecule has 0 radical (unpaired) electrons. The molecule has 2 amide bonds. The summed E-state index contributed by atoms with van der Waals surface area (Å²) in [7, 11) is 0. The van der Waals surface area contributed by atoms with Crippen LogP contribution in [0, 0.1) is 0 Å². The fraction of sp³-hybridized carbons (Fsp3) is 0.545. The van der Waals surface area contributed by atoms with E-state index in [-0.39, 0.29) is 12.7 Å². The highest BCUT2D eigenvalue weighted by molar-refractivity contribution is 5.91. The lowest BCUT2D eigenvalue weighted by Gasteiger charge is -2.04. The highest BCUT2D eigenvalue weighted by Gasteiger charge is 2.02. The van der Waals surface area contributed by atoms with E-state index in [0.29, 0.717) is 13.0 Å². The van der Waals surface area contributed by atoms with Gasteiger partial charge in [0.05, 0.1) is 12.7 Å². The summed E-state index contributed by atoms with van der Waals surface area (Å²) in [6.45, 7) is 3.86. The van der Waals surface area contributed by atoms with Crippen molar-refractivity contribution in [1.29, 1.82) is 0 Å². The molecule has 3 N–H and O–H groups in total. The van der Waals surface area contributed by atoms with Crippen LogP contribution < -0.4 is 11.1 Å². The van der Waals surface area contributed by atoms with E-state index in [0.717, 1.165) is 12.2 Å². The molecule has 0 aromatic carbocycles. The average Bonchev–Trinajstić information content (AvgIpc) is 2.24. The van der Waals surface area contributed by atoms with Crippen LogP contribution >= 0.6 is 0 Å². The number of carbonyl (C=O) groups excluding carboxylic acids is 3. The van der Waals surface area contributed by atoms with Crippen LogP contribution in [0.3, 0.4) is 0 Å². The second kappa shape index (κ2) is 9.03. The quantitative estimate of drug-likeness (QED) is 0.382. The van der Waals surface area contributed by atoms with Crippen LogP contribution in [-0.2, 0) is 19.1 Å². The molecule has 0 unspecified atom stereocenters. The fourth-order valence-corrected chi connectivity index (χ4v) is 0.912. The molecule has 0 bridgehead atoms. The van der Waals surface area contributed by atoms with E-state index >= 15 is 0 Å². The molecule has 0 aliphatic rings. The number of ether oxygens (including phenoxy) is 2. The number of esters is 2. The van der Waals surface area contributed by atoms with E-state index in [1.54, 1.807) is 13.8 Å². The summed E-state index contributed by atoms with van der Waals surface area (Å²) in [5.74, 6) is -1.24. The van der Waals surface area contributed by atoms with Gasteiger partial charge in [-0.05, 0) is 20.3 Å². The van der Waals surface area contributed by atoms with Crippen LogP contribution in [0.1, 0.15) is 20.3 Å². The van der Waals surface area contributed by atoms with Crippen LogP contribution in [0.4, 0.5) is 4.79 Å². The zero-order chi connectivity index (χ0) is 14.0. The van der Waals surface area contributed by atoms with Crippen molar-refractivity contribution in [2.75, 3.05) is 13.2 Å². The average molecular weight is 258 g/mol. The molecular weight excluding hydrogens is 240 g/mol. The normalized spacial score (nSPS) is 10.4. The molecule has 0 aliphatic carbocycles. The first-order valence-electron chi connectivity index (χ1n) is 5.50. The number of hydrogen-bond donors (Lipinski definition) is 2. The Hall–Kier alpha value is -2.05. The molecule has 0 saturated carbocycles. The number of nitrogens with two attached hydrogens (primary N) is 1. The minimum atomic E-state index is -0.644. The molecule has 0 heterocycles. The third-order valence-electron chi connectivity index (χ3n) is 1.57. The Morgan fingerprint density at radius 2 is 1.83 bits per heavy atom. The molecule has 0 saturated heterocycles. The highest BCUT2D eigenvalue weighted by atomic mass is 16.5. The van der Waals surface area contributed by atoms with E-state index in [9.17, 15) is 14.4 Å². The van der Waals surface area contributed by atoms with Crippen molar-refractivity contribution in [2.24, 2.45) is 5.73 Å². The lowest BCUT2D eigenvalue weighted by Crippen LogP contribution is -2.30. The van der Waals surface area contributed by atoms with Gasteiger partial charge < -0.3 is 20.5 Å². The smallest absolute Gasteiger partial charge is 0.331 e. The van der Waals surface area contributed by atoms with E-state index in [1.807, 2.05) is 0 Å². The Balaban J connectivity index is 3.67. The number of carbonyl (C=O) groups is 3. The predicted molar refractivity (Wildman–Crippen MR) is 63.5 cm³/mol. The first kappa shape index (κ1) is 16.0. The van der Waals surface area contributed by atoms with Crippen LogP contribution in [0.5, 0.6) is 0 Å². The summed E-state index contributed by atoms with van der Waals surface area (Å²) in [5.41, 5.74) is 4.83. The van der Waals surface area contributed by atoms with E-state index < -0.39 is 18.0 Å². The maximum Gasteiger partial charge on any atom is 0.331 e. The molecule has 0 aromatic heterocycles. The Morgan fingerprint density at radius 3 is 2.39 bits per heavy atom. The van der Waals surface area contributed by atoms with Gasteiger partial charge in [0.2, 0.25) is 0 Å². The molecule has 7 nitrogen and oxygen atoms in total. The minimum Gasteiger partial charge on any atom is -0.462 e. The van der Waals surface area contributed by atoms with Crippen molar-refractivity contribution >= 4 is 18.0 Å². The summed E-state index contributed by atoms with van der Waals surface area (Å²) in [5, 5.41) is 2.35. The second-order valence-electron chi connectivity index (χ2n) is 3.63. The van der Waals surface area contributed by atoms with Gasteiger partial charge in [-0.2, -0.15) is 0 Å². The number of amides is 2. The van der Waals surface area contributed by atoms with Gasteiger partial charge in [-0.1, -0.05) is 0 Å². The van der Waals surface area contributed by atoms with Crippen molar-refractivity contribution < 1.29 is 23.9 Å². The molecule has 18 heavy (non-hydrogen) atoms. The topological polar surface area (TPSA) is 108 Å². The lowest BCUT2D eigenvalue weighted by molar-refractivity contribution is -0.142. The van der Waals surface area contributed by atoms with Crippen molar-refractivity contribution in [2.45, 2.75) is 26.4 Å². The Morgan fingerprint density at radius 1 is 1.22 bits per heavy atom. The third kappa shape index (κ3) is 10.5. The zero-order valence-corrected chi connectivity index (χ0v) is 10.5. The molecule has 7 heteroatoms. The van der Waals surface area contributed by atoms with Gasteiger partial charge in [-0.15, -0.1) is 0 Å². The summed E-state index contributed by atoms with van der Waals surface area (Å²) in [6, 6.07) is -0.627. The first-order valence-corrected chi connectivity index (χ1v) is 5.50. The van der Waals surface area contributed by atoms with Crippen molar-refractivity contribution in [3.05, 3.63) is 12.2 Å². The van der Waals surface area contributed by atoms with Gasteiger partial charge in [-0.3, -0.25) is 0 Å². The van der Waals surface area contributed by atoms with E-state index in [2.05, 4.69) is 5.32 Å². The Kier molecular flexibility index (Phi) is 8.00. The summed E-state index contributed by atoms with van der Waals surface area (Å²) < 4.78 is 9.53. The number of hydrogen-bond acceptors (Lipinski definition) is 5. The molecule has 0 aliphatic heterocycles. The van der Waals surface area contributed by atoms with Crippen LogP contribution in [0.15, 0.2) is 12.2 Å². The monoisotopic (exact) mass is 258 g/mol. The number of nitrogens with one attached hydrogen (secondary N) is 1. The van der Waals surface area contributed by atoms with Crippen LogP contribution in [0.2, 0.25) is 0 Å². The van der Waals surface area contributed by atoms with Crippen molar-refractivity contribution in [3.8, 4) is 0 Å². The fourth-order valence-electron chi connectivity index (χ4n) is 0.912. The lowest BCUT2D eigenvalue weighted by atomic mass is 10.4. The van der Waals surface area contributed by atoms with Gasteiger partial charge in [0.1, 0.15) is 0 Å². The molecule has 102 valence electrons. The molecule has 0 atom stereocenters. The maximum absolute atomic E-state index is 11.1. The van der Waals surface area contributed by atoms with E-state index in [1.165, 1.54) is 0 Å². The Labute approximate surface area is 105 Å². The zero-order valence-electron chi connectivity index (χ0n) is 10.5. The summed E-state index contributed by atoms with van der Waals surface area (Å²) >= 11 is 0. The minimum absolute atomic E-state index is 0.128. The third-order valence-corrected chi connectivity index (χ3v) is 1.57. The van der Waals surface area contributed by atoms with Gasteiger partial charge in [0, 0.05) is 18.7 Å². The van der Waals surface area contributed by atoms with Crippen LogP contribution in [-0.4, -0.2) is 37.2 Å². The van der Waals surface area contributed by atoms with Crippen molar-refractivity contribution in [1.82, 2.24) is 5.32 Å². The summed E-state index contributed by atoms with van der Waals surface area (Å²) in [6.07, 6.45) is 2.20. The molecule has 0 aromatic rings. The first-order chi connectivity index (χ1) is 8.41. The Bertz CT molecular complexity index is 325. The molecule has 0 spiro atoms. The highest BCUT2D eigenvalue weighted by Crippen LogP contribution is 1.91. The number of rotatable bonds is 7. The predicted octanol–water partition coefficient (Wildman–Crippen LogP) is 0.0958. The van der Waals surface area contributed by atoms with Gasteiger partial charge in [0.15, 0.2) is 0 Å². The van der Waals surface area contributed by atoms with Crippen LogP contribution in [0.25, 0.3) is 0 Å². The molecule has 0 rings (SSSR count). The molecular formula is C11H18N2O5. The van der Waals surface area contributed by atoms with Gasteiger partial charge >= 0.3 is 18.0 Å². The van der Waals surface area contributed by atoms with Gasteiger partial charge in [0.25, 0.3) is 0 Å². The maximum atomic E-state index is 11.1. The SMILES string of the molecule is CC(C)OC(=O)/C=C/C(=O)OCCCNC(N)=O. The standard InChI is InChI=1S/C11H18N2O5/c1-8(2)18-10(15)5-4-9(14)17-7-3-6-13-11(12)16/h4-5,8H,3,6-7H2,1-2H3,(H3,12,13,16)/b5-4+. The van der Waals surface area contributed by atoms with Crippen molar-refractivity contribution in [3.63, 3.8) is 0 Å². The van der Waals surface area contributed by atoms with Gasteiger partial charge in [-0.25, -0.2) is 14.4 Å². The summed E-state index contributed by atoms with van der Waals surface area (Å²) in [4.78, 5) is 32.4. The second-order valence-corrected chi connectivity index (χ2v) is 3.63. The number of urea groups is 1. The number of primary amides is 1. The largest absolute Gasteiger partial charge is 0.462 e.